The molecule has 3 atom stereocenters. The van der Waals surface area contributed by atoms with Crippen LogP contribution in [-0.2, 0) is 19.6 Å². The second kappa shape index (κ2) is 9.71. The van der Waals surface area contributed by atoms with Crippen LogP contribution in [-0.4, -0.2) is 49.8 Å². The fraction of sp³-hybridized carbons (Fsp3) is 0.619. The first-order valence-corrected chi connectivity index (χ1v) is 11.6. The van der Waals surface area contributed by atoms with E-state index in [4.69, 9.17) is 4.74 Å². The minimum atomic E-state index is -3.72. The molecular formula is C21H32N2O5S. The zero-order chi connectivity index (χ0) is 21.8. The number of benzene rings is 1. The van der Waals surface area contributed by atoms with Crippen molar-refractivity contribution in [2.45, 2.75) is 76.5 Å². The summed E-state index contributed by atoms with van der Waals surface area (Å²) >= 11 is 0. The van der Waals surface area contributed by atoms with Gasteiger partial charge >= 0.3 is 5.97 Å². The molecule has 0 bridgehead atoms. The molecule has 1 aromatic rings. The molecule has 7 nitrogen and oxygen atoms in total. The standard InChI is InChI=1S/C21H32N2O5S/c1-14(2)23(5)29(26,27)18-11-8-10-17(13-18)21(25)28-16(4)20(24)22-19-12-7-6-9-15(19)3/h8,10-11,13-16,19H,6-7,9,12H2,1-5H3,(H,22,24)/t15-,16+,19-/m0/s1. The Bertz CT molecular complexity index is 837. The van der Waals surface area contributed by atoms with Crippen LogP contribution in [0, 0.1) is 5.92 Å². The smallest absolute Gasteiger partial charge is 0.338 e. The molecule has 1 aromatic carbocycles. The van der Waals surface area contributed by atoms with E-state index in [0.717, 1.165) is 19.3 Å². The maximum atomic E-state index is 12.6. The highest BCUT2D eigenvalue weighted by Crippen LogP contribution is 2.24. The predicted octanol–water partition coefficient (Wildman–Crippen LogP) is 2.96. The van der Waals surface area contributed by atoms with Crippen molar-refractivity contribution in [3.63, 3.8) is 0 Å². The van der Waals surface area contributed by atoms with E-state index in [1.807, 2.05) is 0 Å². The summed E-state index contributed by atoms with van der Waals surface area (Å²) in [5.41, 5.74) is 0.0916. The summed E-state index contributed by atoms with van der Waals surface area (Å²) in [6.45, 7) is 7.17. The molecule has 29 heavy (non-hydrogen) atoms. The van der Waals surface area contributed by atoms with Gasteiger partial charge in [-0.3, -0.25) is 4.79 Å². The van der Waals surface area contributed by atoms with Gasteiger partial charge in [0.2, 0.25) is 10.0 Å². The molecule has 2 rings (SSSR count). The zero-order valence-electron chi connectivity index (χ0n) is 17.8. The van der Waals surface area contributed by atoms with Crippen molar-refractivity contribution < 1.29 is 22.7 Å². The van der Waals surface area contributed by atoms with Gasteiger partial charge in [-0.2, -0.15) is 4.31 Å². The van der Waals surface area contributed by atoms with E-state index in [-0.39, 0.29) is 28.4 Å². The van der Waals surface area contributed by atoms with Crippen LogP contribution in [0.3, 0.4) is 0 Å². The van der Waals surface area contributed by atoms with Crippen molar-refractivity contribution in [2.24, 2.45) is 5.92 Å². The van der Waals surface area contributed by atoms with Gasteiger partial charge in [0.25, 0.3) is 5.91 Å². The first kappa shape index (κ1) is 23.3. The Kier molecular flexibility index (Phi) is 7.82. The number of amides is 1. The summed E-state index contributed by atoms with van der Waals surface area (Å²) in [4.78, 5) is 24.9. The van der Waals surface area contributed by atoms with Gasteiger partial charge < -0.3 is 10.1 Å². The number of nitrogens with one attached hydrogen (secondary N) is 1. The highest BCUT2D eigenvalue weighted by molar-refractivity contribution is 7.89. The first-order chi connectivity index (χ1) is 13.5. The number of esters is 1. The van der Waals surface area contributed by atoms with Crippen molar-refractivity contribution in [3.05, 3.63) is 29.8 Å². The molecule has 1 N–H and O–H groups in total. The molecule has 1 aliphatic carbocycles. The van der Waals surface area contributed by atoms with Crippen LogP contribution in [0.2, 0.25) is 0 Å². The largest absolute Gasteiger partial charge is 0.449 e. The number of sulfonamides is 1. The van der Waals surface area contributed by atoms with Gasteiger partial charge in [0.05, 0.1) is 10.5 Å². The summed E-state index contributed by atoms with van der Waals surface area (Å²) in [5.74, 6) is -0.663. The van der Waals surface area contributed by atoms with Gasteiger partial charge in [0, 0.05) is 19.1 Å². The Labute approximate surface area is 173 Å². The SMILES string of the molecule is CC(C)N(C)S(=O)(=O)c1cccc(C(=O)O[C@H](C)C(=O)N[C@H]2CCCC[C@@H]2C)c1. The van der Waals surface area contributed by atoms with E-state index < -0.39 is 22.1 Å². The monoisotopic (exact) mass is 424 g/mol. The second-order valence-corrected chi connectivity index (χ2v) is 10.1. The number of nitrogens with zero attached hydrogens (tertiary/aromatic N) is 1. The molecule has 0 heterocycles. The normalized spacial score (nSPS) is 21.1. The number of hydrogen-bond donors (Lipinski definition) is 1. The molecule has 0 saturated heterocycles. The van der Waals surface area contributed by atoms with E-state index in [0.29, 0.717) is 5.92 Å². The Morgan fingerprint density at radius 1 is 1.17 bits per heavy atom. The third-order valence-electron chi connectivity index (χ3n) is 5.57. The Morgan fingerprint density at radius 2 is 1.83 bits per heavy atom. The predicted molar refractivity (Wildman–Crippen MR) is 111 cm³/mol. The van der Waals surface area contributed by atoms with Crippen molar-refractivity contribution in [1.29, 1.82) is 0 Å². The van der Waals surface area contributed by atoms with E-state index in [2.05, 4.69) is 12.2 Å². The second-order valence-electron chi connectivity index (χ2n) is 8.07. The maximum absolute atomic E-state index is 12.6. The van der Waals surface area contributed by atoms with Gasteiger partial charge in [-0.25, -0.2) is 13.2 Å². The molecule has 0 radical (unpaired) electrons. The van der Waals surface area contributed by atoms with Gasteiger partial charge in [0.15, 0.2) is 6.10 Å². The molecule has 0 spiro atoms. The maximum Gasteiger partial charge on any atom is 0.338 e. The van der Waals surface area contributed by atoms with Crippen molar-refractivity contribution >= 4 is 21.9 Å². The number of carbonyl (C=O) groups is 2. The summed E-state index contributed by atoms with van der Waals surface area (Å²) in [5, 5.41) is 2.97. The lowest BCUT2D eigenvalue weighted by Gasteiger charge is -2.30. The molecule has 162 valence electrons. The summed E-state index contributed by atoms with van der Waals surface area (Å²) in [6.07, 6.45) is 3.29. The number of rotatable bonds is 7. The minimum absolute atomic E-state index is 0.0104. The third kappa shape index (κ3) is 5.79. The van der Waals surface area contributed by atoms with Crippen LogP contribution < -0.4 is 5.32 Å². The lowest BCUT2D eigenvalue weighted by Crippen LogP contribution is -2.46. The number of ether oxygens (including phenoxy) is 1. The van der Waals surface area contributed by atoms with E-state index in [1.165, 1.54) is 49.0 Å². The lowest BCUT2D eigenvalue weighted by atomic mass is 9.86. The zero-order valence-corrected chi connectivity index (χ0v) is 18.7. The fourth-order valence-corrected chi connectivity index (χ4v) is 4.75. The third-order valence-corrected chi connectivity index (χ3v) is 7.60. The van der Waals surface area contributed by atoms with Crippen LogP contribution in [0.15, 0.2) is 29.2 Å². The van der Waals surface area contributed by atoms with Gasteiger partial charge in [-0.15, -0.1) is 0 Å². The summed E-state index contributed by atoms with van der Waals surface area (Å²) in [7, 11) is -2.23. The Morgan fingerprint density at radius 3 is 2.45 bits per heavy atom. The molecule has 8 heteroatoms. The van der Waals surface area contributed by atoms with Crippen LogP contribution in [0.1, 0.15) is 63.7 Å². The van der Waals surface area contributed by atoms with E-state index in [1.54, 1.807) is 13.8 Å². The van der Waals surface area contributed by atoms with E-state index >= 15 is 0 Å². The fourth-order valence-electron chi connectivity index (χ4n) is 3.34. The molecular weight excluding hydrogens is 392 g/mol. The van der Waals surface area contributed by atoms with Crippen molar-refractivity contribution in [1.82, 2.24) is 9.62 Å². The van der Waals surface area contributed by atoms with Crippen LogP contribution in [0.4, 0.5) is 0 Å². The van der Waals surface area contributed by atoms with Crippen LogP contribution in [0.5, 0.6) is 0 Å². The molecule has 1 amide bonds. The summed E-state index contributed by atoms with van der Waals surface area (Å²) < 4.78 is 31.8. The van der Waals surface area contributed by atoms with Crippen LogP contribution >= 0.6 is 0 Å². The lowest BCUT2D eigenvalue weighted by molar-refractivity contribution is -0.130. The Hall–Kier alpha value is -1.93. The van der Waals surface area contributed by atoms with Gasteiger partial charge in [-0.1, -0.05) is 25.8 Å². The van der Waals surface area contributed by atoms with Crippen molar-refractivity contribution in [2.75, 3.05) is 7.05 Å². The highest BCUT2D eigenvalue weighted by atomic mass is 32.2. The first-order valence-electron chi connectivity index (χ1n) is 10.1. The molecule has 0 unspecified atom stereocenters. The molecule has 1 saturated carbocycles. The average Bonchev–Trinajstić information content (AvgIpc) is 2.68. The van der Waals surface area contributed by atoms with Crippen molar-refractivity contribution in [3.8, 4) is 0 Å². The molecule has 1 fully saturated rings. The quantitative estimate of drug-likeness (QED) is 0.680. The molecule has 0 aliphatic heterocycles. The van der Waals surface area contributed by atoms with Gasteiger partial charge in [0.1, 0.15) is 0 Å². The minimum Gasteiger partial charge on any atom is -0.449 e. The topological polar surface area (TPSA) is 92.8 Å². The van der Waals surface area contributed by atoms with Gasteiger partial charge in [-0.05, 0) is 57.7 Å². The molecule has 0 aromatic heterocycles. The number of carbonyl (C=O) groups excluding carboxylic acids is 2. The average molecular weight is 425 g/mol. The highest BCUT2D eigenvalue weighted by Gasteiger charge is 2.28. The van der Waals surface area contributed by atoms with Crippen LogP contribution in [0.25, 0.3) is 0 Å². The number of hydrogen-bond acceptors (Lipinski definition) is 5. The summed E-state index contributed by atoms with van der Waals surface area (Å²) in [6, 6.07) is 5.56. The molecule has 1 aliphatic rings. The Balaban J connectivity index is 2.06. The van der Waals surface area contributed by atoms with E-state index in [9.17, 15) is 18.0 Å².